The molecule has 2 aromatic rings. The lowest BCUT2D eigenvalue weighted by atomic mass is 9.75. The molecule has 2 amide bonds. The molecule has 9 nitrogen and oxygen atoms in total. The summed E-state index contributed by atoms with van der Waals surface area (Å²) in [5.74, 6) is -5.04. The molecule has 218 valence electrons. The number of carbonyl (C=O) groups excluding carboxylic acids is 4. The standard InChI is InChI=1S/C27H28N2O5.C2HF3O2/c1-16(30)17-6-8-18(9-7-17)19-10-12-20(13-11-19)23-21-22(25(32)28(2)24(21)31)27(26(33)34-3)14-4-5-15-29(23)27;3-2(4,5)1(6)7/h6-13,21-23H,4-5,14-15H2,1-3H3;(H,6,7)/t21-,22-,23-,27+;/m1./s1. The van der Waals surface area contributed by atoms with Gasteiger partial charge in [0.05, 0.1) is 18.9 Å². The van der Waals surface area contributed by atoms with Gasteiger partial charge in [-0.05, 0) is 49.4 Å². The quantitative estimate of drug-likeness (QED) is 0.332. The number of ether oxygens (including phenoxy) is 1. The van der Waals surface area contributed by atoms with Gasteiger partial charge in [-0.25, -0.2) is 4.79 Å². The minimum Gasteiger partial charge on any atom is -0.475 e. The van der Waals surface area contributed by atoms with E-state index in [4.69, 9.17) is 14.6 Å². The molecule has 1 N–H and O–H groups in total. The first kappa shape index (κ1) is 29.9. The molecule has 5 rings (SSSR count). The first-order valence-electron chi connectivity index (χ1n) is 12.9. The van der Waals surface area contributed by atoms with Gasteiger partial charge >= 0.3 is 18.1 Å². The van der Waals surface area contributed by atoms with Gasteiger partial charge in [0.15, 0.2) is 5.78 Å². The lowest BCUT2D eigenvalue weighted by Gasteiger charge is -2.44. The zero-order valence-corrected chi connectivity index (χ0v) is 22.6. The number of carbonyl (C=O) groups is 5. The summed E-state index contributed by atoms with van der Waals surface area (Å²) in [6.45, 7) is 2.17. The van der Waals surface area contributed by atoms with Crippen LogP contribution in [0.2, 0.25) is 0 Å². The Hall–Kier alpha value is -4.06. The normalized spacial score (nSPS) is 25.6. The van der Waals surface area contributed by atoms with Crippen molar-refractivity contribution in [3.63, 3.8) is 0 Å². The Morgan fingerprint density at radius 1 is 0.951 bits per heavy atom. The van der Waals surface area contributed by atoms with Gasteiger partial charge in [-0.2, -0.15) is 13.2 Å². The topological polar surface area (TPSA) is 121 Å². The van der Waals surface area contributed by atoms with Crippen molar-refractivity contribution in [3.8, 4) is 11.1 Å². The van der Waals surface area contributed by atoms with Crippen molar-refractivity contribution in [1.29, 1.82) is 0 Å². The lowest BCUT2D eigenvalue weighted by Crippen LogP contribution is -2.59. The Bertz CT molecular complexity index is 1370. The van der Waals surface area contributed by atoms with Gasteiger partial charge in [0.25, 0.3) is 0 Å². The number of amides is 2. The highest BCUT2D eigenvalue weighted by atomic mass is 19.4. The predicted octanol–water partition coefficient (Wildman–Crippen LogP) is 3.87. The number of imide groups is 1. The van der Waals surface area contributed by atoms with Crippen LogP contribution in [0.4, 0.5) is 13.2 Å². The van der Waals surface area contributed by atoms with Gasteiger partial charge < -0.3 is 9.84 Å². The van der Waals surface area contributed by atoms with Crippen LogP contribution in [0.25, 0.3) is 11.1 Å². The molecule has 4 atom stereocenters. The SMILES string of the molecule is COC(=O)[C@@]12CCCCN1[C@H](c1ccc(-c3ccc(C(C)=O)cc3)cc1)[C@@H]1C(=O)N(C)C(=O)[C@@H]12.O=C(O)C(F)(F)F. The van der Waals surface area contributed by atoms with Crippen LogP contribution in [0, 0.1) is 11.8 Å². The van der Waals surface area contributed by atoms with Crippen molar-refractivity contribution in [3.05, 3.63) is 59.7 Å². The number of hydrogen-bond acceptors (Lipinski definition) is 7. The maximum absolute atomic E-state index is 13.3. The number of piperidine rings is 1. The number of esters is 1. The number of fused-ring (bicyclic) bond motifs is 3. The molecule has 3 aliphatic rings. The molecule has 3 saturated heterocycles. The zero-order valence-electron chi connectivity index (χ0n) is 22.6. The molecule has 0 spiro atoms. The van der Waals surface area contributed by atoms with Crippen LogP contribution in [-0.2, 0) is 23.9 Å². The largest absolute Gasteiger partial charge is 0.490 e. The molecule has 0 bridgehead atoms. The Morgan fingerprint density at radius 2 is 1.49 bits per heavy atom. The van der Waals surface area contributed by atoms with Crippen LogP contribution in [-0.4, -0.2) is 76.9 Å². The summed E-state index contributed by atoms with van der Waals surface area (Å²) >= 11 is 0. The van der Waals surface area contributed by atoms with Crippen LogP contribution in [0.5, 0.6) is 0 Å². The Balaban J connectivity index is 0.000000493. The van der Waals surface area contributed by atoms with Gasteiger partial charge in [0, 0.05) is 18.7 Å². The second kappa shape index (κ2) is 11.1. The molecule has 41 heavy (non-hydrogen) atoms. The first-order valence-corrected chi connectivity index (χ1v) is 12.9. The average molecular weight is 575 g/mol. The number of ketones is 1. The number of aliphatic carboxylic acids is 1. The number of carboxylic acid groups (broad SMARTS) is 1. The maximum atomic E-state index is 13.3. The van der Waals surface area contributed by atoms with E-state index in [9.17, 15) is 32.3 Å². The Labute approximate surface area is 233 Å². The molecule has 0 saturated carbocycles. The minimum atomic E-state index is -5.08. The lowest BCUT2D eigenvalue weighted by molar-refractivity contribution is -0.192. The smallest absolute Gasteiger partial charge is 0.475 e. The summed E-state index contributed by atoms with van der Waals surface area (Å²) in [5, 5.41) is 7.12. The van der Waals surface area contributed by atoms with Crippen molar-refractivity contribution in [2.24, 2.45) is 11.8 Å². The van der Waals surface area contributed by atoms with Crippen LogP contribution in [0.15, 0.2) is 48.5 Å². The summed E-state index contributed by atoms with van der Waals surface area (Å²) in [7, 11) is 2.86. The van der Waals surface area contributed by atoms with Crippen molar-refractivity contribution < 1.29 is 47.0 Å². The van der Waals surface area contributed by atoms with E-state index in [0.29, 0.717) is 18.5 Å². The number of methoxy groups -OCH3 is 1. The Morgan fingerprint density at radius 3 is 1.98 bits per heavy atom. The zero-order chi connectivity index (χ0) is 30.3. The molecule has 3 aliphatic heterocycles. The molecule has 0 aliphatic carbocycles. The van der Waals surface area contributed by atoms with Gasteiger partial charge in [0.2, 0.25) is 11.8 Å². The number of alkyl halides is 3. The van der Waals surface area contributed by atoms with Crippen molar-refractivity contribution in [2.45, 2.75) is 43.9 Å². The highest BCUT2D eigenvalue weighted by molar-refractivity contribution is 6.09. The fourth-order valence-corrected chi connectivity index (χ4v) is 6.27. The molecule has 3 heterocycles. The average Bonchev–Trinajstić information content (AvgIpc) is 3.38. The second-order valence-electron chi connectivity index (χ2n) is 10.3. The third kappa shape index (κ3) is 5.12. The van der Waals surface area contributed by atoms with Gasteiger partial charge in [-0.15, -0.1) is 0 Å². The Kier molecular flexibility index (Phi) is 8.08. The molecule has 0 radical (unpaired) electrons. The molecule has 0 unspecified atom stereocenters. The summed E-state index contributed by atoms with van der Waals surface area (Å²) in [6, 6.07) is 15.0. The predicted molar refractivity (Wildman–Crippen MR) is 138 cm³/mol. The highest BCUT2D eigenvalue weighted by Gasteiger charge is 2.72. The highest BCUT2D eigenvalue weighted by Crippen LogP contribution is 2.58. The molecular formula is C29H29F3N2O7. The van der Waals surface area contributed by atoms with Gasteiger partial charge in [0.1, 0.15) is 5.54 Å². The number of halogens is 3. The van der Waals surface area contributed by atoms with E-state index in [0.717, 1.165) is 29.5 Å². The summed E-state index contributed by atoms with van der Waals surface area (Å²) < 4.78 is 37.0. The third-order valence-electron chi connectivity index (χ3n) is 8.14. The van der Waals surface area contributed by atoms with Crippen molar-refractivity contribution in [1.82, 2.24) is 9.80 Å². The molecule has 0 aromatic heterocycles. The third-order valence-corrected chi connectivity index (χ3v) is 8.14. The van der Waals surface area contributed by atoms with Crippen LogP contribution in [0.1, 0.15) is 48.1 Å². The van der Waals surface area contributed by atoms with Gasteiger partial charge in [-0.3, -0.25) is 29.0 Å². The number of carboxylic acids is 1. The van der Waals surface area contributed by atoms with Crippen LogP contribution >= 0.6 is 0 Å². The summed E-state index contributed by atoms with van der Waals surface area (Å²) in [6.07, 6.45) is -2.87. The number of likely N-dealkylation sites (tertiary alicyclic amines) is 1. The maximum Gasteiger partial charge on any atom is 0.490 e. The monoisotopic (exact) mass is 574 g/mol. The number of nitrogens with zero attached hydrogens (tertiary/aromatic N) is 2. The molecular weight excluding hydrogens is 545 g/mol. The molecule has 3 fully saturated rings. The number of benzene rings is 2. The fourth-order valence-electron chi connectivity index (χ4n) is 6.27. The number of rotatable bonds is 4. The van der Waals surface area contributed by atoms with E-state index in [-0.39, 0.29) is 23.6 Å². The van der Waals surface area contributed by atoms with E-state index in [1.54, 1.807) is 6.92 Å². The first-order chi connectivity index (χ1) is 19.2. The fraction of sp³-hybridized carbons (Fsp3) is 0.414. The van der Waals surface area contributed by atoms with Crippen molar-refractivity contribution >= 4 is 29.5 Å². The van der Waals surface area contributed by atoms with E-state index in [1.807, 2.05) is 48.5 Å². The number of Topliss-reactive ketones (excluding diaryl/α,β-unsaturated/α-hetero) is 1. The van der Waals surface area contributed by atoms with Crippen molar-refractivity contribution in [2.75, 3.05) is 20.7 Å². The number of hydrogen-bond donors (Lipinski definition) is 1. The van der Waals surface area contributed by atoms with E-state index in [1.165, 1.54) is 19.1 Å². The van der Waals surface area contributed by atoms with Gasteiger partial charge in [-0.1, -0.05) is 48.5 Å². The van der Waals surface area contributed by atoms with E-state index < -0.39 is 35.5 Å². The molecule has 2 aromatic carbocycles. The minimum absolute atomic E-state index is 0.0223. The van der Waals surface area contributed by atoms with Crippen LogP contribution < -0.4 is 0 Å². The van der Waals surface area contributed by atoms with Crippen LogP contribution in [0.3, 0.4) is 0 Å². The van der Waals surface area contributed by atoms with E-state index in [2.05, 4.69) is 4.90 Å². The molecule has 12 heteroatoms. The second-order valence-corrected chi connectivity index (χ2v) is 10.3. The van der Waals surface area contributed by atoms with E-state index >= 15 is 0 Å². The summed E-state index contributed by atoms with van der Waals surface area (Å²) in [4.78, 5) is 63.4. The summed E-state index contributed by atoms with van der Waals surface area (Å²) in [5.41, 5.74) is 2.42.